The molecule has 0 saturated heterocycles. The summed E-state index contributed by atoms with van der Waals surface area (Å²) in [5.74, 6) is 0.789. The Labute approximate surface area is 138 Å². The van der Waals surface area contributed by atoms with Crippen LogP contribution in [0.15, 0.2) is 65.7 Å². The Morgan fingerprint density at radius 2 is 1.83 bits per heavy atom. The van der Waals surface area contributed by atoms with E-state index in [1.165, 1.54) is 24.3 Å². The molecule has 116 valence electrons. The van der Waals surface area contributed by atoms with Crippen molar-refractivity contribution in [2.75, 3.05) is 5.32 Å². The predicted molar refractivity (Wildman–Crippen MR) is 89.5 cm³/mol. The van der Waals surface area contributed by atoms with Crippen LogP contribution in [-0.4, -0.2) is 9.97 Å². The number of nitrogens with one attached hydrogen (secondary N) is 1. The molecule has 0 radical (unpaired) electrons. The largest absolute Gasteiger partial charge is 0.424 e. The Kier molecular flexibility index (Phi) is 4.73. The summed E-state index contributed by atoms with van der Waals surface area (Å²) in [6.45, 7) is 0.590. The summed E-state index contributed by atoms with van der Waals surface area (Å²) >= 11 is 4.41. The molecule has 0 amide bonds. The minimum atomic E-state index is -0.320. The number of benzene rings is 2. The molecule has 23 heavy (non-hydrogen) atoms. The van der Waals surface area contributed by atoms with Crippen LogP contribution in [0.5, 0.6) is 11.8 Å². The van der Waals surface area contributed by atoms with Crippen LogP contribution in [0.2, 0.25) is 0 Å². The molecule has 0 unspecified atom stereocenters. The number of ether oxygens (including phenoxy) is 1. The van der Waals surface area contributed by atoms with Gasteiger partial charge in [0.15, 0.2) is 0 Å². The molecule has 1 heterocycles. The lowest BCUT2D eigenvalue weighted by Gasteiger charge is -2.09. The molecule has 3 rings (SSSR count). The molecule has 0 bridgehead atoms. The van der Waals surface area contributed by atoms with E-state index in [1.807, 2.05) is 24.3 Å². The number of thiol groups is 1. The predicted octanol–water partition coefficient (Wildman–Crippen LogP) is 4.31. The molecule has 0 fully saturated rings. The van der Waals surface area contributed by atoms with E-state index in [1.54, 1.807) is 12.3 Å². The fraction of sp³-hybridized carbons (Fsp3) is 0.0588. The van der Waals surface area contributed by atoms with Crippen LogP contribution in [-0.2, 0) is 6.54 Å². The first kappa shape index (κ1) is 15.3. The normalized spacial score (nSPS) is 10.3. The fourth-order valence-electron chi connectivity index (χ4n) is 1.94. The Morgan fingerprint density at radius 3 is 2.61 bits per heavy atom. The van der Waals surface area contributed by atoms with Crippen LogP contribution >= 0.6 is 12.6 Å². The molecule has 6 heteroatoms. The molecule has 3 aromatic rings. The van der Waals surface area contributed by atoms with E-state index in [0.29, 0.717) is 18.1 Å². The van der Waals surface area contributed by atoms with Gasteiger partial charge in [-0.25, -0.2) is 9.37 Å². The van der Waals surface area contributed by atoms with Gasteiger partial charge in [-0.15, -0.1) is 12.6 Å². The SMILES string of the molecule is Fc1ccc(Oc2nccc(NCc3ccccc3S)n2)cc1. The Bertz CT molecular complexity index is 796. The highest BCUT2D eigenvalue weighted by Gasteiger charge is 2.04. The van der Waals surface area contributed by atoms with Crippen molar-refractivity contribution in [2.45, 2.75) is 11.4 Å². The highest BCUT2D eigenvalue weighted by atomic mass is 32.1. The lowest BCUT2D eigenvalue weighted by molar-refractivity contribution is 0.441. The number of nitrogens with zero attached hydrogens (tertiary/aromatic N) is 2. The van der Waals surface area contributed by atoms with Gasteiger partial charge in [0.2, 0.25) is 0 Å². The molecular formula is C17H14FN3OS. The van der Waals surface area contributed by atoms with Gasteiger partial charge in [0, 0.05) is 17.6 Å². The Morgan fingerprint density at radius 1 is 1.04 bits per heavy atom. The fourth-order valence-corrected chi connectivity index (χ4v) is 2.18. The van der Waals surface area contributed by atoms with Crippen molar-refractivity contribution in [3.8, 4) is 11.8 Å². The molecule has 1 aromatic heterocycles. The first-order chi connectivity index (χ1) is 11.2. The smallest absolute Gasteiger partial charge is 0.323 e. The van der Waals surface area contributed by atoms with Gasteiger partial charge in [0.05, 0.1) is 0 Å². The van der Waals surface area contributed by atoms with Gasteiger partial charge in [-0.2, -0.15) is 4.98 Å². The third-order valence-corrected chi connectivity index (χ3v) is 3.54. The molecule has 0 atom stereocenters. The average molecular weight is 327 g/mol. The van der Waals surface area contributed by atoms with Crippen molar-refractivity contribution in [1.29, 1.82) is 0 Å². The number of hydrogen-bond acceptors (Lipinski definition) is 5. The maximum absolute atomic E-state index is 12.9. The number of rotatable bonds is 5. The monoisotopic (exact) mass is 327 g/mol. The summed E-state index contributed by atoms with van der Waals surface area (Å²) in [4.78, 5) is 9.23. The quantitative estimate of drug-likeness (QED) is 0.686. The average Bonchev–Trinajstić information content (AvgIpc) is 2.57. The number of halogens is 1. The van der Waals surface area contributed by atoms with Gasteiger partial charge in [0.1, 0.15) is 17.4 Å². The van der Waals surface area contributed by atoms with Crippen molar-refractivity contribution < 1.29 is 9.13 Å². The molecule has 0 aliphatic heterocycles. The highest BCUT2D eigenvalue weighted by molar-refractivity contribution is 7.80. The maximum atomic E-state index is 12.9. The van der Waals surface area contributed by atoms with Crippen LogP contribution in [0.1, 0.15) is 5.56 Å². The Hall–Kier alpha value is -2.60. The zero-order chi connectivity index (χ0) is 16.1. The van der Waals surface area contributed by atoms with Gasteiger partial charge >= 0.3 is 6.01 Å². The van der Waals surface area contributed by atoms with Gasteiger partial charge < -0.3 is 10.1 Å². The second kappa shape index (κ2) is 7.11. The molecule has 0 saturated carbocycles. The van der Waals surface area contributed by atoms with Gasteiger partial charge in [-0.05, 0) is 42.0 Å². The number of hydrogen-bond donors (Lipinski definition) is 2. The molecule has 0 spiro atoms. The van der Waals surface area contributed by atoms with Crippen molar-refractivity contribution >= 4 is 18.4 Å². The van der Waals surface area contributed by atoms with Crippen LogP contribution in [0.4, 0.5) is 10.2 Å². The van der Waals surface area contributed by atoms with Crippen LogP contribution < -0.4 is 10.1 Å². The third-order valence-electron chi connectivity index (χ3n) is 3.11. The van der Waals surface area contributed by atoms with Crippen molar-refractivity contribution in [2.24, 2.45) is 0 Å². The topological polar surface area (TPSA) is 47.0 Å². The van der Waals surface area contributed by atoms with E-state index in [2.05, 4.69) is 27.9 Å². The summed E-state index contributed by atoms with van der Waals surface area (Å²) < 4.78 is 18.4. The summed E-state index contributed by atoms with van der Waals surface area (Å²) in [5.41, 5.74) is 1.07. The molecule has 0 aliphatic carbocycles. The molecule has 4 nitrogen and oxygen atoms in total. The second-order valence-electron chi connectivity index (χ2n) is 4.76. The van der Waals surface area contributed by atoms with E-state index in [9.17, 15) is 4.39 Å². The van der Waals surface area contributed by atoms with E-state index >= 15 is 0 Å². The lowest BCUT2D eigenvalue weighted by atomic mass is 10.2. The summed E-state index contributed by atoms with van der Waals surface area (Å²) in [7, 11) is 0. The standard InChI is InChI=1S/C17H14FN3OS/c18-13-5-7-14(8-6-13)22-17-19-10-9-16(21-17)20-11-12-3-1-2-4-15(12)23/h1-10,23H,11H2,(H,19,20,21). The second-order valence-corrected chi connectivity index (χ2v) is 5.24. The highest BCUT2D eigenvalue weighted by Crippen LogP contribution is 2.19. The lowest BCUT2D eigenvalue weighted by Crippen LogP contribution is -2.03. The minimum absolute atomic E-state index is 0.195. The van der Waals surface area contributed by atoms with Crippen LogP contribution in [0, 0.1) is 5.82 Å². The molecule has 1 N–H and O–H groups in total. The first-order valence-corrected chi connectivity index (χ1v) is 7.42. The molecular weight excluding hydrogens is 313 g/mol. The zero-order valence-electron chi connectivity index (χ0n) is 12.1. The van der Waals surface area contributed by atoms with Crippen molar-refractivity contribution in [3.05, 3.63) is 72.2 Å². The summed E-state index contributed by atoms with van der Waals surface area (Å²) in [6, 6.07) is 15.5. The van der Waals surface area contributed by atoms with Crippen LogP contribution in [0.3, 0.4) is 0 Å². The van der Waals surface area contributed by atoms with Gasteiger partial charge in [0.25, 0.3) is 0 Å². The van der Waals surface area contributed by atoms with Gasteiger partial charge in [-0.3, -0.25) is 0 Å². The zero-order valence-corrected chi connectivity index (χ0v) is 13.0. The third kappa shape index (κ3) is 4.20. The minimum Gasteiger partial charge on any atom is -0.424 e. The van der Waals surface area contributed by atoms with Crippen molar-refractivity contribution in [1.82, 2.24) is 9.97 Å². The number of aromatic nitrogens is 2. The maximum Gasteiger partial charge on any atom is 0.323 e. The molecule has 0 aliphatic rings. The number of anilines is 1. The molecule has 2 aromatic carbocycles. The van der Waals surface area contributed by atoms with E-state index in [0.717, 1.165) is 10.5 Å². The van der Waals surface area contributed by atoms with E-state index in [-0.39, 0.29) is 11.8 Å². The van der Waals surface area contributed by atoms with E-state index < -0.39 is 0 Å². The summed E-state index contributed by atoms with van der Waals surface area (Å²) in [5, 5.41) is 3.20. The summed E-state index contributed by atoms with van der Waals surface area (Å²) in [6.07, 6.45) is 1.60. The van der Waals surface area contributed by atoms with E-state index in [4.69, 9.17) is 4.74 Å². The Balaban J connectivity index is 1.67. The van der Waals surface area contributed by atoms with Gasteiger partial charge in [-0.1, -0.05) is 18.2 Å². The van der Waals surface area contributed by atoms with Crippen LogP contribution in [0.25, 0.3) is 0 Å². The first-order valence-electron chi connectivity index (χ1n) is 6.98. The van der Waals surface area contributed by atoms with Crippen molar-refractivity contribution in [3.63, 3.8) is 0 Å².